The third kappa shape index (κ3) is 3.40. The van der Waals surface area contributed by atoms with Crippen LogP contribution in [0.25, 0.3) is 10.2 Å². The third-order valence-corrected chi connectivity index (χ3v) is 7.75. The van der Waals surface area contributed by atoms with Gasteiger partial charge in [-0.1, -0.05) is 0 Å². The van der Waals surface area contributed by atoms with Crippen molar-refractivity contribution >= 4 is 21.6 Å². The van der Waals surface area contributed by atoms with Crippen molar-refractivity contribution in [1.29, 1.82) is 0 Å². The minimum Gasteiger partial charge on any atom is -0.497 e. The molecule has 3 heterocycles. The Labute approximate surface area is 179 Å². The van der Waals surface area contributed by atoms with Gasteiger partial charge in [-0.3, -0.25) is 4.79 Å². The van der Waals surface area contributed by atoms with Crippen LogP contribution in [0.3, 0.4) is 0 Å². The molecule has 2 atom stereocenters. The van der Waals surface area contributed by atoms with Gasteiger partial charge in [0.2, 0.25) is 0 Å². The van der Waals surface area contributed by atoms with Gasteiger partial charge in [-0.2, -0.15) is 0 Å². The number of methoxy groups -OCH3 is 2. The van der Waals surface area contributed by atoms with Gasteiger partial charge < -0.3 is 19.4 Å². The number of hydrogen-bond acceptors (Lipinski definition) is 5. The zero-order chi connectivity index (χ0) is 20.7. The van der Waals surface area contributed by atoms with Crippen LogP contribution >= 0.6 is 11.3 Å². The number of rotatable bonds is 5. The predicted molar refractivity (Wildman–Crippen MR) is 118 cm³/mol. The van der Waals surface area contributed by atoms with Crippen molar-refractivity contribution in [3.05, 3.63) is 50.4 Å². The van der Waals surface area contributed by atoms with Gasteiger partial charge in [0.1, 0.15) is 28.9 Å². The van der Waals surface area contributed by atoms with E-state index in [-0.39, 0.29) is 5.56 Å². The van der Waals surface area contributed by atoms with Crippen molar-refractivity contribution in [2.24, 2.45) is 0 Å². The Hall–Kier alpha value is -2.38. The summed E-state index contributed by atoms with van der Waals surface area (Å²) in [7, 11) is 3.40. The molecule has 1 aromatic carbocycles. The van der Waals surface area contributed by atoms with Gasteiger partial charge in [0.05, 0.1) is 31.7 Å². The summed E-state index contributed by atoms with van der Waals surface area (Å²) in [5.74, 6) is 2.52. The van der Waals surface area contributed by atoms with Crippen molar-refractivity contribution in [3.8, 4) is 11.5 Å². The van der Waals surface area contributed by atoms with Gasteiger partial charge in [0.15, 0.2) is 5.82 Å². The molecule has 0 spiro atoms. The standard InChI is InChI=1S/C23H27N3O3S/c1-28-14-9-10-18(29-2)16(12-14)17-7-5-11-26(17)13-20-24-22(27)21-15-6-3-4-8-19(15)30-23(21)25-20/h9-10,12,17H,3-8,11,13H2,1-2H3,(H,24,25,27)/p+1/t17-/m0/s1. The van der Waals surface area contributed by atoms with Crippen molar-refractivity contribution < 1.29 is 14.4 Å². The largest absolute Gasteiger partial charge is 0.497 e. The Balaban J connectivity index is 1.47. The molecule has 2 aliphatic rings. The summed E-state index contributed by atoms with van der Waals surface area (Å²) >= 11 is 1.72. The molecule has 1 fully saturated rings. The molecule has 3 aromatic rings. The second-order valence-electron chi connectivity index (χ2n) is 8.29. The lowest BCUT2D eigenvalue weighted by Gasteiger charge is -2.23. The predicted octanol–water partition coefficient (Wildman–Crippen LogP) is 2.80. The van der Waals surface area contributed by atoms with Crippen LogP contribution in [0.5, 0.6) is 11.5 Å². The van der Waals surface area contributed by atoms with Gasteiger partial charge in [-0.15, -0.1) is 11.3 Å². The zero-order valence-electron chi connectivity index (χ0n) is 17.5. The van der Waals surface area contributed by atoms with E-state index in [2.05, 4.69) is 11.1 Å². The normalized spacial score (nSPS) is 21.0. The SMILES string of the molecule is COc1ccc(OC)c([C@@H]2CCC[NH+]2Cc2nc3sc4c(c3c(=O)[nH]2)CCCC4)c1. The number of thiophene rings is 1. The highest BCUT2D eigenvalue weighted by Crippen LogP contribution is 2.34. The molecule has 0 saturated carbocycles. The first kappa shape index (κ1) is 19.6. The summed E-state index contributed by atoms with van der Waals surface area (Å²) < 4.78 is 11.1. The molecule has 1 aliphatic carbocycles. The molecule has 1 saturated heterocycles. The summed E-state index contributed by atoms with van der Waals surface area (Å²) in [5.41, 5.74) is 2.44. The minimum absolute atomic E-state index is 0.0310. The highest BCUT2D eigenvalue weighted by atomic mass is 32.1. The third-order valence-electron chi connectivity index (χ3n) is 6.56. The highest BCUT2D eigenvalue weighted by molar-refractivity contribution is 7.18. The van der Waals surface area contributed by atoms with Crippen LogP contribution in [0, 0.1) is 0 Å². The van der Waals surface area contributed by atoms with E-state index in [0.29, 0.717) is 12.6 Å². The molecule has 7 heteroatoms. The van der Waals surface area contributed by atoms with E-state index in [1.165, 1.54) is 33.7 Å². The molecular weight excluding hydrogens is 398 g/mol. The number of hydrogen-bond donors (Lipinski definition) is 2. The molecule has 2 aromatic heterocycles. The average Bonchev–Trinajstić information content (AvgIpc) is 3.37. The highest BCUT2D eigenvalue weighted by Gasteiger charge is 2.33. The summed E-state index contributed by atoms with van der Waals surface area (Å²) in [4.78, 5) is 24.6. The van der Waals surface area contributed by atoms with Crippen LogP contribution in [0.15, 0.2) is 23.0 Å². The maximum atomic E-state index is 12.9. The van der Waals surface area contributed by atoms with Crippen LogP contribution < -0.4 is 19.9 Å². The second-order valence-corrected chi connectivity index (χ2v) is 9.38. The fourth-order valence-electron chi connectivity index (χ4n) is 5.12. The van der Waals surface area contributed by atoms with Gasteiger partial charge in [-0.25, -0.2) is 4.98 Å². The Morgan fingerprint density at radius 1 is 1.20 bits per heavy atom. The van der Waals surface area contributed by atoms with Crippen molar-refractivity contribution in [1.82, 2.24) is 9.97 Å². The average molecular weight is 427 g/mol. The zero-order valence-corrected chi connectivity index (χ0v) is 18.4. The summed E-state index contributed by atoms with van der Waals surface area (Å²) in [6.45, 7) is 1.76. The monoisotopic (exact) mass is 426 g/mol. The van der Waals surface area contributed by atoms with E-state index >= 15 is 0 Å². The molecular formula is C23H28N3O3S+. The molecule has 30 heavy (non-hydrogen) atoms. The fourth-order valence-corrected chi connectivity index (χ4v) is 6.40. The Bertz CT molecular complexity index is 1140. The van der Waals surface area contributed by atoms with E-state index in [9.17, 15) is 4.79 Å². The smallest absolute Gasteiger partial charge is 0.260 e. The van der Waals surface area contributed by atoms with Gasteiger partial charge >= 0.3 is 0 Å². The number of nitrogens with zero attached hydrogens (tertiary/aromatic N) is 1. The molecule has 1 unspecified atom stereocenters. The van der Waals surface area contributed by atoms with E-state index < -0.39 is 0 Å². The van der Waals surface area contributed by atoms with Crippen molar-refractivity contribution in [2.45, 2.75) is 51.1 Å². The molecule has 158 valence electrons. The number of aromatic amines is 1. The van der Waals surface area contributed by atoms with Crippen LogP contribution in [-0.2, 0) is 19.4 Å². The van der Waals surface area contributed by atoms with Gasteiger partial charge in [-0.05, 0) is 49.4 Å². The number of likely N-dealkylation sites (tertiary alicyclic amines) is 1. The molecule has 1 aliphatic heterocycles. The number of benzene rings is 1. The lowest BCUT2D eigenvalue weighted by molar-refractivity contribution is -0.932. The second kappa shape index (κ2) is 8.04. The topological polar surface area (TPSA) is 68.7 Å². The maximum absolute atomic E-state index is 12.9. The van der Waals surface area contributed by atoms with Crippen LogP contribution in [0.2, 0.25) is 0 Å². The Morgan fingerprint density at radius 2 is 2.07 bits per heavy atom. The molecule has 0 radical (unpaired) electrons. The Morgan fingerprint density at radius 3 is 2.90 bits per heavy atom. The number of fused-ring (bicyclic) bond motifs is 3. The number of quaternary nitrogens is 1. The molecule has 0 bridgehead atoms. The summed E-state index contributed by atoms with van der Waals surface area (Å²) in [6, 6.07) is 6.30. The first-order chi connectivity index (χ1) is 14.7. The number of aryl methyl sites for hydroxylation is 2. The first-order valence-corrected chi connectivity index (χ1v) is 11.6. The van der Waals surface area contributed by atoms with Crippen LogP contribution in [0.1, 0.15) is 53.6 Å². The van der Waals surface area contributed by atoms with Gasteiger partial charge in [0.25, 0.3) is 5.56 Å². The van der Waals surface area contributed by atoms with Crippen LogP contribution in [0.4, 0.5) is 0 Å². The van der Waals surface area contributed by atoms with E-state index in [0.717, 1.165) is 59.8 Å². The number of ether oxygens (including phenoxy) is 2. The lowest BCUT2D eigenvalue weighted by atomic mass is 9.97. The van der Waals surface area contributed by atoms with Gasteiger partial charge in [0, 0.05) is 17.7 Å². The number of nitrogens with one attached hydrogen (secondary N) is 2. The van der Waals surface area contributed by atoms with E-state index in [1.54, 1.807) is 25.6 Å². The lowest BCUT2D eigenvalue weighted by Crippen LogP contribution is -3.09. The molecule has 6 nitrogen and oxygen atoms in total. The van der Waals surface area contributed by atoms with Crippen molar-refractivity contribution in [3.63, 3.8) is 0 Å². The maximum Gasteiger partial charge on any atom is 0.260 e. The van der Waals surface area contributed by atoms with E-state index in [4.69, 9.17) is 14.5 Å². The number of aromatic nitrogens is 2. The fraction of sp³-hybridized carbons (Fsp3) is 0.478. The summed E-state index contributed by atoms with van der Waals surface area (Å²) in [6.07, 6.45) is 6.70. The molecule has 0 amide bonds. The minimum atomic E-state index is 0.0310. The molecule has 5 rings (SSSR count). The quantitative estimate of drug-likeness (QED) is 0.658. The van der Waals surface area contributed by atoms with E-state index in [1.807, 2.05) is 12.1 Å². The number of H-pyrrole nitrogens is 1. The molecule has 2 N–H and O–H groups in total. The summed E-state index contributed by atoms with van der Waals surface area (Å²) in [5, 5.41) is 0.834. The Kier molecular flexibility index (Phi) is 5.25. The van der Waals surface area contributed by atoms with Crippen LogP contribution in [-0.4, -0.2) is 30.7 Å². The first-order valence-electron chi connectivity index (χ1n) is 10.8. The van der Waals surface area contributed by atoms with Crippen molar-refractivity contribution in [2.75, 3.05) is 20.8 Å².